The van der Waals surface area contributed by atoms with Gasteiger partial charge in [0.25, 0.3) is 5.88 Å². The normalized spacial score (nSPS) is 10.0. The Bertz CT molecular complexity index is 596. The predicted molar refractivity (Wildman–Crippen MR) is 59.5 cm³/mol. The van der Waals surface area contributed by atoms with Crippen LogP contribution in [-0.2, 0) is 7.05 Å². The molecule has 0 saturated heterocycles. The molecule has 0 fully saturated rings. The number of nitriles is 1. The molecule has 0 aliphatic carbocycles. The summed E-state index contributed by atoms with van der Waals surface area (Å²) in [6.07, 6.45) is 2.94. The lowest BCUT2D eigenvalue weighted by molar-refractivity contribution is 0.450. The van der Waals surface area contributed by atoms with E-state index in [4.69, 9.17) is 10.00 Å². The molecule has 0 aromatic carbocycles. The van der Waals surface area contributed by atoms with E-state index in [1.165, 1.54) is 12.4 Å². The van der Waals surface area contributed by atoms with Gasteiger partial charge in [-0.1, -0.05) is 0 Å². The molecule has 86 valence electrons. The minimum Gasteiger partial charge on any atom is -0.433 e. The molecule has 2 aromatic heterocycles. The maximum absolute atomic E-state index is 8.89. The topological polar surface area (TPSA) is 76.6 Å². The molecule has 0 N–H and O–H groups in total. The van der Waals surface area contributed by atoms with Crippen LogP contribution in [0.25, 0.3) is 0 Å². The minimum absolute atomic E-state index is 0.162. The number of hydrogen-bond donors (Lipinski definition) is 0. The van der Waals surface area contributed by atoms with Crippen LogP contribution in [0.4, 0.5) is 0 Å². The van der Waals surface area contributed by atoms with Crippen LogP contribution in [0, 0.1) is 25.2 Å². The molecule has 2 heterocycles. The van der Waals surface area contributed by atoms with Gasteiger partial charge >= 0.3 is 0 Å². The molecule has 0 atom stereocenters. The van der Waals surface area contributed by atoms with E-state index in [9.17, 15) is 0 Å². The summed E-state index contributed by atoms with van der Waals surface area (Å²) >= 11 is 0. The maximum Gasteiger partial charge on any atom is 0.256 e. The summed E-state index contributed by atoms with van der Waals surface area (Å²) in [5.74, 6) is 0.818. The van der Waals surface area contributed by atoms with Crippen LogP contribution in [0.2, 0.25) is 0 Å². The summed E-state index contributed by atoms with van der Waals surface area (Å²) < 4.78 is 7.32. The van der Waals surface area contributed by atoms with Crippen molar-refractivity contribution >= 4 is 0 Å². The van der Waals surface area contributed by atoms with Crippen molar-refractivity contribution < 1.29 is 4.74 Å². The number of nitrogens with zero attached hydrogens (tertiary/aromatic N) is 5. The Kier molecular flexibility index (Phi) is 2.75. The van der Waals surface area contributed by atoms with E-state index in [0.29, 0.717) is 5.75 Å². The molecule has 2 rings (SSSR count). The van der Waals surface area contributed by atoms with Crippen molar-refractivity contribution in [2.24, 2.45) is 7.05 Å². The van der Waals surface area contributed by atoms with E-state index < -0.39 is 0 Å². The van der Waals surface area contributed by atoms with Crippen molar-refractivity contribution in [1.29, 1.82) is 5.26 Å². The first kappa shape index (κ1) is 11.1. The van der Waals surface area contributed by atoms with Gasteiger partial charge in [-0.05, 0) is 13.8 Å². The smallest absolute Gasteiger partial charge is 0.256 e. The Morgan fingerprint density at radius 2 is 2.00 bits per heavy atom. The van der Waals surface area contributed by atoms with Crippen molar-refractivity contribution in [1.82, 2.24) is 19.7 Å². The summed E-state index contributed by atoms with van der Waals surface area (Å²) in [6, 6.07) is 1.94. The highest BCUT2D eigenvalue weighted by Crippen LogP contribution is 2.27. The van der Waals surface area contributed by atoms with Gasteiger partial charge in [-0.2, -0.15) is 10.4 Å². The second-order valence-corrected chi connectivity index (χ2v) is 3.55. The summed E-state index contributed by atoms with van der Waals surface area (Å²) in [4.78, 5) is 7.88. The molecule has 0 amide bonds. The fourth-order valence-electron chi connectivity index (χ4n) is 1.48. The summed E-state index contributed by atoms with van der Waals surface area (Å²) in [6.45, 7) is 3.72. The Morgan fingerprint density at radius 3 is 2.59 bits per heavy atom. The molecule has 0 radical (unpaired) electrons. The van der Waals surface area contributed by atoms with Gasteiger partial charge in [0.2, 0.25) is 5.69 Å². The van der Waals surface area contributed by atoms with Crippen molar-refractivity contribution in [2.75, 3.05) is 0 Å². The van der Waals surface area contributed by atoms with Crippen LogP contribution in [0.1, 0.15) is 17.1 Å². The predicted octanol–water partition coefficient (Wildman–Crippen LogP) is 1.49. The first-order valence-electron chi connectivity index (χ1n) is 5.02. The Hall–Kier alpha value is -2.42. The molecule has 0 bridgehead atoms. The van der Waals surface area contributed by atoms with Crippen molar-refractivity contribution in [3.63, 3.8) is 0 Å². The third kappa shape index (κ3) is 1.95. The molecule has 0 unspecified atom stereocenters. The van der Waals surface area contributed by atoms with Crippen LogP contribution in [0.3, 0.4) is 0 Å². The second-order valence-electron chi connectivity index (χ2n) is 3.55. The van der Waals surface area contributed by atoms with Gasteiger partial charge in [-0.25, -0.2) is 9.97 Å². The average molecular weight is 229 g/mol. The quantitative estimate of drug-likeness (QED) is 0.779. The lowest BCUT2D eigenvalue weighted by Crippen LogP contribution is -1.96. The van der Waals surface area contributed by atoms with E-state index in [2.05, 4.69) is 15.1 Å². The molecule has 0 aliphatic rings. The van der Waals surface area contributed by atoms with Crippen molar-refractivity contribution in [3.05, 3.63) is 29.5 Å². The van der Waals surface area contributed by atoms with Crippen LogP contribution in [0.5, 0.6) is 11.6 Å². The van der Waals surface area contributed by atoms with E-state index in [-0.39, 0.29) is 11.6 Å². The van der Waals surface area contributed by atoms with Gasteiger partial charge in [0.05, 0.1) is 5.69 Å². The molecule has 6 nitrogen and oxygen atoms in total. The SMILES string of the molecule is Cc1nn(C)c(C)c1Oc1nccnc1C#N. The minimum atomic E-state index is 0.162. The number of aromatic nitrogens is 4. The summed E-state index contributed by atoms with van der Waals surface area (Å²) in [7, 11) is 1.83. The van der Waals surface area contributed by atoms with Gasteiger partial charge < -0.3 is 4.74 Å². The zero-order chi connectivity index (χ0) is 12.4. The van der Waals surface area contributed by atoms with Crippen LogP contribution in [0.15, 0.2) is 12.4 Å². The molecule has 6 heteroatoms. The van der Waals surface area contributed by atoms with Crippen LogP contribution >= 0.6 is 0 Å². The number of aryl methyl sites for hydroxylation is 2. The average Bonchev–Trinajstić information content (AvgIpc) is 2.57. The van der Waals surface area contributed by atoms with E-state index in [1.54, 1.807) is 4.68 Å². The van der Waals surface area contributed by atoms with E-state index in [1.807, 2.05) is 27.0 Å². The van der Waals surface area contributed by atoms with Crippen molar-refractivity contribution in [2.45, 2.75) is 13.8 Å². The molecule has 2 aromatic rings. The fraction of sp³-hybridized carbons (Fsp3) is 0.273. The van der Waals surface area contributed by atoms with Gasteiger partial charge in [0.15, 0.2) is 5.75 Å². The van der Waals surface area contributed by atoms with Crippen LogP contribution < -0.4 is 4.74 Å². The van der Waals surface area contributed by atoms with Crippen LogP contribution in [-0.4, -0.2) is 19.7 Å². The highest BCUT2D eigenvalue weighted by molar-refractivity contribution is 5.39. The molecule has 0 spiro atoms. The third-order valence-electron chi connectivity index (χ3n) is 2.41. The largest absolute Gasteiger partial charge is 0.433 e. The monoisotopic (exact) mass is 229 g/mol. The van der Waals surface area contributed by atoms with Gasteiger partial charge in [0.1, 0.15) is 11.8 Å². The third-order valence-corrected chi connectivity index (χ3v) is 2.41. The second kappa shape index (κ2) is 4.22. The number of rotatable bonds is 2. The Morgan fingerprint density at radius 1 is 1.29 bits per heavy atom. The fourth-order valence-corrected chi connectivity index (χ4v) is 1.48. The van der Waals surface area contributed by atoms with Gasteiger partial charge in [0, 0.05) is 19.4 Å². The summed E-state index contributed by atoms with van der Waals surface area (Å²) in [5.41, 5.74) is 1.78. The van der Waals surface area contributed by atoms with E-state index in [0.717, 1.165) is 11.4 Å². The Balaban J connectivity index is 2.42. The number of ether oxygens (including phenoxy) is 1. The molecular formula is C11H11N5O. The first-order valence-corrected chi connectivity index (χ1v) is 5.02. The molecular weight excluding hydrogens is 218 g/mol. The van der Waals surface area contributed by atoms with Gasteiger partial charge in [-0.3, -0.25) is 4.68 Å². The maximum atomic E-state index is 8.89. The zero-order valence-corrected chi connectivity index (χ0v) is 9.80. The standard InChI is InChI=1S/C11H11N5O/c1-7-10(8(2)16(3)15-7)17-11-9(6-12)13-4-5-14-11/h4-5H,1-3H3. The first-order chi connectivity index (χ1) is 8.13. The number of hydrogen-bond acceptors (Lipinski definition) is 5. The highest BCUT2D eigenvalue weighted by atomic mass is 16.5. The molecule has 17 heavy (non-hydrogen) atoms. The summed E-state index contributed by atoms with van der Waals surface area (Å²) in [5, 5.41) is 13.1. The Labute approximate surface area is 98.5 Å². The van der Waals surface area contributed by atoms with Crippen molar-refractivity contribution in [3.8, 4) is 17.7 Å². The van der Waals surface area contributed by atoms with E-state index >= 15 is 0 Å². The molecule has 0 saturated carbocycles. The molecule has 0 aliphatic heterocycles. The zero-order valence-electron chi connectivity index (χ0n) is 9.80. The lowest BCUT2D eigenvalue weighted by atomic mass is 10.3. The van der Waals surface area contributed by atoms with Gasteiger partial charge in [-0.15, -0.1) is 0 Å². The lowest BCUT2D eigenvalue weighted by Gasteiger charge is -2.05. The highest BCUT2D eigenvalue weighted by Gasteiger charge is 2.14.